The van der Waals surface area contributed by atoms with Crippen LogP contribution in [0.4, 0.5) is 0 Å². The van der Waals surface area contributed by atoms with Crippen molar-refractivity contribution >= 4 is 18.2 Å². The molecule has 0 saturated carbocycles. The molecule has 0 aliphatic heterocycles. The number of aliphatic hydroxyl groups is 1. The van der Waals surface area contributed by atoms with Crippen LogP contribution in [-0.2, 0) is 0 Å². The summed E-state index contributed by atoms with van der Waals surface area (Å²) in [7, 11) is 0. The minimum absolute atomic E-state index is 0. The Morgan fingerprint density at radius 1 is 1.08 bits per heavy atom. The van der Waals surface area contributed by atoms with Crippen molar-refractivity contribution in [1.82, 2.24) is 5.32 Å². The molecule has 5 heteroatoms. The summed E-state index contributed by atoms with van der Waals surface area (Å²) in [6, 6.07) is 13.3. The quantitative estimate of drug-likeness (QED) is 0.689. The molecule has 0 aliphatic carbocycles. The number of halogens is 1. The SMILES string of the molecule is Cc1ccc(C)c(C(=O)c2ccccc2)c1OCC(O)CNC(C)C.Cl. The second-order valence-electron chi connectivity index (χ2n) is 6.63. The second-order valence-corrected chi connectivity index (χ2v) is 6.63. The van der Waals surface area contributed by atoms with Gasteiger partial charge in [0.15, 0.2) is 5.78 Å². The highest BCUT2D eigenvalue weighted by Gasteiger charge is 2.20. The molecule has 0 aromatic heterocycles. The van der Waals surface area contributed by atoms with Crippen LogP contribution >= 0.6 is 12.4 Å². The molecule has 0 spiro atoms. The van der Waals surface area contributed by atoms with Gasteiger partial charge in [0.05, 0.1) is 5.56 Å². The largest absolute Gasteiger partial charge is 0.490 e. The highest BCUT2D eigenvalue weighted by molar-refractivity contribution is 6.11. The molecule has 26 heavy (non-hydrogen) atoms. The molecule has 2 rings (SSSR count). The number of aryl methyl sites for hydroxylation is 2. The lowest BCUT2D eigenvalue weighted by molar-refractivity contribution is 0.0978. The maximum atomic E-state index is 12.9. The minimum atomic E-state index is -0.637. The summed E-state index contributed by atoms with van der Waals surface area (Å²) in [5, 5.41) is 13.3. The summed E-state index contributed by atoms with van der Waals surface area (Å²) in [5.41, 5.74) is 2.94. The number of ketones is 1. The molecular weight excluding hydrogens is 350 g/mol. The molecular formula is C21H28ClNO3. The van der Waals surface area contributed by atoms with E-state index < -0.39 is 6.10 Å². The van der Waals surface area contributed by atoms with E-state index in [1.165, 1.54) is 0 Å². The molecule has 2 aromatic carbocycles. The first kappa shape index (κ1) is 22.2. The lowest BCUT2D eigenvalue weighted by Crippen LogP contribution is -2.35. The van der Waals surface area contributed by atoms with E-state index in [1.54, 1.807) is 12.1 Å². The van der Waals surface area contributed by atoms with E-state index in [-0.39, 0.29) is 24.8 Å². The minimum Gasteiger partial charge on any atom is -0.490 e. The molecule has 0 fully saturated rings. The Hall–Kier alpha value is -1.88. The Morgan fingerprint density at radius 2 is 1.69 bits per heavy atom. The summed E-state index contributed by atoms with van der Waals surface area (Å²) in [6.45, 7) is 8.45. The van der Waals surface area contributed by atoms with Crippen LogP contribution in [0.1, 0.15) is 40.9 Å². The van der Waals surface area contributed by atoms with Crippen LogP contribution in [0.15, 0.2) is 42.5 Å². The van der Waals surface area contributed by atoms with Crippen molar-refractivity contribution in [2.75, 3.05) is 13.2 Å². The monoisotopic (exact) mass is 377 g/mol. The number of nitrogens with one attached hydrogen (secondary N) is 1. The van der Waals surface area contributed by atoms with Gasteiger partial charge >= 0.3 is 0 Å². The Balaban J connectivity index is 0.00000338. The maximum absolute atomic E-state index is 12.9. The van der Waals surface area contributed by atoms with Crippen molar-refractivity contribution in [2.45, 2.75) is 39.8 Å². The number of aliphatic hydroxyl groups excluding tert-OH is 1. The lowest BCUT2D eigenvalue weighted by atomic mass is 9.96. The van der Waals surface area contributed by atoms with Gasteiger partial charge in [0.2, 0.25) is 0 Å². The molecule has 0 radical (unpaired) electrons. The van der Waals surface area contributed by atoms with Gasteiger partial charge in [-0.3, -0.25) is 4.79 Å². The highest BCUT2D eigenvalue weighted by Crippen LogP contribution is 2.29. The molecule has 1 atom stereocenters. The Labute approximate surface area is 162 Å². The number of rotatable bonds is 8. The van der Waals surface area contributed by atoms with Gasteiger partial charge in [0.25, 0.3) is 0 Å². The fraction of sp³-hybridized carbons (Fsp3) is 0.381. The number of carbonyl (C=O) groups is 1. The van der Waals surface area contributed by atoms with Crippen molar-refractivity contribution in [3.8, 4) is 5.75 Å². The molecule has 4 nitrogen and oxygen atoms in total. The van der Waals surface area contributed by atoms with E-state index in [2.05, 4.69) is 5.32 Å². The third kappa shape index (κ3) is 5.84. The first-order valence-corrected chi connectivity index (χ1v) is 8.64. The number of hydrogen-bond acceptors (Lipinski definition) is 4. The van der Waals surface area contributed by atoms with Crippen molar-refractivity contribution < 1.29 is 14.6 Å². The van der Waals surface area contributed by atoms with Gasteiger partial charge in [0, 0.05) is 18.2 Å². The molecule has 0 saturated heterocycles. The van der Waals surface area contributed by atoms with Gasteiger partial charge in [-0.25, -0.2) is 0 Å². The van der Waals surface area contributed by atoms with Crippen LogP contribution in [0.3, 0.4) is 0 Å². The zero-order chi connectivity index (χ0) is 18.4. The lowest BCUT2D eigenvalue weighted by Gasteiger charge is -2.19. The zero-order valence-corrected chi connectivity index (χ0v) is 16.6. The average molecular weight is 378 g/mol. The van der Waals surface area contributed by atoms with E-state index in [9.17, 15) is 9.90 Å². The maximum Gasteiger partial charge on any atom is 0.197 e. The van der Waals surface area contributed by atoms with E-state index >= 15 is 0 Å². The predicted molar refractivity (Wildman–Crippen MR) is 108 cm³/mol. The van der Waals surface area contributed by atoms with Gasteiger partial charge in [-0.05, 0) is 25.0 Å². The van der Waals surface area contributed by atoms with E-state index in [0.717, 1.165) is 11.1 Å². The smallest absolute Gasteiger partial charge is 0.197 e. The predicted octanol–water partition coefficient (Wildman–Crippen LogP) is 3.69. The van der Waals surface area contributed by atoms with Crippen molar-refractivity contribution in [3.63, 3.8) is 0 Å². The molecule has 0 heterocycles. The van der Waals surface area contributed by atoms with Gasteiger partial charge in [-0.15, -0.1) is 12.4 Å². The Bertz CT molecular complexity index is 717. The topological polar surface area (TPSA) is 58.6 Å². The van der Waals surface area contributed by atoms with Crippen molar-refractivity contribution in [1.29, 1.82) is 0 Å². The Kier molecular flexibility index (Phi) is 8.79. The van der Waals surface area contributed by atoms with Crippen LogP contribution in [-0.4, -0.2) is 36.2 Å². The molecule has 142 valence electrons. The number of carbonyl (C=O) groups excluding carboxylic acids is 1. The summed E-state index contributed by atoms with van der Waals surface area (Å²) in [5.74, 6) is 0.490. The fourth-order valence-electron chi connectivity index (χ4n) is 2.60. The normalized spacial score (nSPS) is 11.8. The average Bonchev–Trinajstić information content (AvgIpc) is 2.60. The van der Waals surface area contributed by atoms with Gasteiger partial charge in [-0.1, -0.05) is 56.3 Å². The summed E-state index contributed by atoms with van der Waals surface area (Å²) in [4.78, 5) is 12.9. The van der Waals surface area contributed by atoms with E-state index in [4.69, 9.17) is 4.74 Å². The first-order chi connectivity index (χ1) is 11.9. The number of ether oxygens (including phenoxy) is 1. The molecule has 0 amide bonds. The molecule has 2 aromatic rings. The summed E-state index contributed by atoms with van der Waals surface area (Å²) in [6.07, 6.45) is -0.637. The van der Waals surface area contributed by atoms with Crippen molar-refractivity contribution in [2.24, 2.45) is 0 Å². The zero-order valence-electron chi connectivity index (χ0n) is 15.8. The van der Waals surface area contributed by atoms with E-state index in [0.29, 0.717) is 29.5 Å². The third-order valence-electron chi connectivity index (χ3n) is 4.01. The van der Waals surface area contributed by atoms with E-state index in [1.807, 2.05) is 58.0 Å². The summed E-state index contributed by atoms with van der Waals surface area (Å²) >= 11 is 0. The highest BCUT2D eigenvalue weighted by atomic mass is 35.5. The first-order valence-electron chi connectivity index (χ1n) is 8.64. The molecule has 0 aliphatic rings. The van der Waals surface area contributed by atoms with Crippen LogP contribution in [0, 0.1) is 13.8 Å². The van der Waals surface area contributed by atoms with Gasteiger partial charge < -0.3 is 15.2 Å². The number of hydrogen-bond donors (Lipinski definition) is 2. The van der Waals surface area contributed by atoms with Gasteiger partial charge in [-0.2, -0.15) is 0 Å². The van der Waals surface area contributed by atoms with Crippen LogP contribution < -0.4 is 10.1 Å². The standard InChI is InChI=1S/C21H27NO3.ClH/c1-14(2)22-12-18(23)13-25-21-16(4)11-10-15(3)19(21)20(24)17-8-6-5-7-9-17;/h5-11,14,18,22-23H,12-13H2,1-4H3;1H. The van der Waals surface area contributed by atoms with Gasteiger partial charge in [0.1, 0.15) is 18.5 Å². The molecule has 1 unspecified atom stereocenters. The van der Waals surface area contributed by atoms with Crippen molar-refractivity contribution in [3.05, 3.63) is 64.7 Å². The summed E-state index contributed by atoms with van der Waals surface area (Å²) < 4.78 is 5.87. The number of benzene rings is 2. The van der Waals surface area contributed by atoms with Crippen LogP contribution in [0.25, 0.3) is 0 Å². The van der Waals surface area contributed by atoms with Crippen LogP contribution in [0.2, 0.25) is 0 Å². The fourth-order valence-corrected chi connectivity index (χ4v) is 2.60. The second kappa shape index (κ2) is 10.3. The molecule has 2 N–H and O–H groups in total. The molecule has 0 bridgehead atoms. The van der Waals surface area contributed by atoms with Crippen LogP contribution in [0.5, 0.6) is 5.75 Å². The third-order valence-corrected chi connectivity index (χ3v) is 4.01. The Morgan fingerprint density at radius 3 is 2.31 bits per heavy atom.